The van der Waals surface area contributed by atoms with Crippen molar-refractivity contribution < 1.29 is 34.5 Å². The molecule has 0 saturated heterocycles. The molecule has 11 heteroatoms. The van der Waals surface area contributed by atoms with E-state index in [9.17, 15) is 24.3 Å². The molecule has 160 valence electrons. The molecule has 3 amide bonds. The Morgan fingerprint density at radius 2 is 1.59 bits per heavy atom. The van der Waals surface area contributed by atoms with Gasteiger partial charge in [0.2, 0.25) is 17.7 Å². The number of nitrogens with one attached hydrogen (secondary N) is 3. The number of rotatable bonds is 11. The summed E-state index contributed by atoms with van der Waals surface area (Å²) in [5.74, 6) is -3.82. The molecular formula is C18H26N4O7. The van der Waals surface area contributed by atoms with Crippen LogP contribution in [0.3, 0.4) is 0 Å². The third kappa shape index (κ3) is 7.86. The van der Waals surface area contributed by atoms with Crippen LogP contribution in [0.25, 0.3) is 0 Å². The normalized spacial score (nSPS) is 14.8. The predicted octanol–water partition coefficient (Wildman–Crippen LogP) is -2.90. The molecule has 8 N–H and O–H groups in total. The van der Waals surface area contributed by atoms with Gasteiger partial charge in [0.1, 0.15) is 18.1 Å². The Labute approximate surface area is 167 Å². The largest absolute Gasteiger partial charge is 0.480 e. The number of benzene rings is 1. The molecule has 0 heterocycles. The molecule has 0 aliphatic rings. The maximum absolute atomic E-state index is 12.6. The Hall–Kier alpha value is -3.02. The lowest BCUT2D eigenvalue weighted by Crippen LogP contribution is -2.59. The van der Waals surface area contributed by atoms with Gasteiger partial charge in [0.25, 0.3) is 0 Å². The summed E-state index contributed by atoms with van der Waals surface area (Å²) in [7, 11) is 0. The van der Waals surface area contributed by atoms with Gasteiger partial charge < -0.3 is 37.0 Å². The highest BCUT2D eigenvalue weighted by atomic mass is 16.4. The number of carboxylic acids is 1. The van der Waals surface area contributed by atoms with Crippen molar-refractivity contribution in [1.82, 2.24) is 16.0 Å². The van der Waals surface area contributed by atoms with E-state index in [1.165, 1.54) is 6.92 Å². The summed E-state index contributed by atoms with van der Waals surface area (Å²) < 4.78 is 0. The second kappa shape index (κ2) is 11.7. The SMILES string of the molecule is CC(O)C(NC(=O)CN)C(=O)NC(Cc1ccccc1)C(=O)NC(CO)C(=O)O. The molecule has 0 radical (unpaired) electrons. The van der Waals surface area contributed by atoms with Gasteiger partial charge in [0, 0.05) is 6.42 Å². The van der Waals surface area contributed by atoms with Crippen LogP contribution in [-0.4, -0.2) is 76.4 Å². The highest BCUT2D eigenvalue weighted by Crippen LogP contribution is 2.05. The molecule has 29 heavy (non-hydrogen) atoms. The van der Waals surface area contributed by atoms with Crippen LogP contribution < -0.4 is 21.7 Å². The van der Waals surface area contributed by atoms with Crippen molar-refractivity contribution >= 4 is 23.7 Å². The van der Waals surface area contributed by atoms with Crippen molar-refractivity contribution in [3.05, 3.63) is 35.9 Å². The number of carboxylic acid groups (broad SMARTS) is 1. The molecule has 4 unspecified atom stereocenters. The van der Waals surface area contributed by atoms with Crippen LogP contribution >= 0.6 is 0 Å². The number of nitrogens with two attached hydrogens (primary N) is 1. The molecule has 0 aliphatic heterocycles. The average molecular weight is 410 g/mol. The maximum Gasteiger partial charge on any atom is 0.328 e. The molecule has 0 bridgehead atoms. The van der Waals surface area contributed by atoms with Gasteiger partial charge in [-0.1, -0.05) is 30.3 Å². The van der Waals surface area contributed by atoms with Gasteiger partial charge in [-0.25, -0.2) is 4.79 Å². The fourth-order valence-corrected chi connectivity index (χ4v) is 2.42. The van der Waals surface area contributed by atoms with Crippen LogP contribution in [0.4, 0.5) is 0 Å². The number of aliphatic hydroxyl groups excluding tert-OH is 2. The zero-order valence-corrected chi connectivity index (χ0v) is 15.9. The van der Waals surface area contributed by atoms with E-state index in [0.29, 0.717) is 5.56 Å². The second-order valence-corrected chi connectivity index (χ2v) is 6.32. The van der Waals surface area contributed by atoms with E-state index in [1.54, 1.807) is 30.3 Å². The van der Waals surface area contributed by atoms with E-state index in [4.69, 9.17) is 15.9 Å². The van der Waals surface area contributed by atoms with Crippen LogP contribution in [0.1, 0.15) is 12.5 Å². The summed E-state index contributed by atoms with van der Waals surface area (Å²) in [5, 5.41) is 34.7. The predicted molar refractivity (Wildman–Crippen MR) is 101 cm³/mol. The minimum absolute atomic E-state index is 0.00749. The van der Waals surface area contributed by atoms with Crippen molar-refractivity contribution in [2.24, 2.45) is 5.73 Å². The number of aliphatic carboxylic acids is 1. The van der Waals surface area contributed by atoms with Crippen molar-refractivity contribution in [1.29, 1.82) is 0 Å². The van der Waals surface area contributed by atoms with E-state index >= 15 is 0 Å². The topological polar surface area (TPSA) is 191 Å². The molecule has 0 aromatic heterocycles. The lowest BCUT2D eigenvalue weighted by molar-refractivity contribution is -0.143. The summed E-state index contributed by atoms with van der Waals surface area (Å²) in [6.45, 7) is 0.0384. The van der Waals surface area contributed by atoms with Crippen LogP contribution in [0.5, 0.6) is 0 Å². The summed E-state index contributed by atoms with van der Waals surface area (Å²) in [4.78, 5) is 47.7. The Kier molecular flexibility index (Phi) is 9.72. The zero-order valence-electron chi connectivity index (χ0n) is 15.9. The van der Waals surface area contributed by atoms with Crippen LogP contribution in [-0.2, 0) is 25.6 Å². The van der Waals surface area contributed by atoms with Gasteiger partial charge in [-0.05, 0) is 12.5 Å². The molecule has 11 nitrogen and oxygen atoms in total. The van der Waals surface area contributed by atoms with Gasteiger partial charge in [-0.2, -0.15) is 0 Å². The summed E-state index contributed by atoms with van der Waals surface area (Å²) in [6.07, 6.45) is -1.27. The molecule has 1 aromatic rings. The first-order valence-electron chi connectivity index (χ1n) is 8.85. The molecule has 0 saturated carbocycles. The fourth-order valence-electron chi connectivity index (χ4n) is 2.42. The Morgan fingerprint density at radius 1 is 1.00 bits per heavy atom. The summed E-state index contributed by atoms with van der Waals surface area (Å²) in [6, 6.07) is 4.46. The fraction of sp³-hybridized carbons (Fsp3) is 0.444. The molecule has 1 aromatic carbocycles. The van der Waals surface area contributed by atoms with E-state index < -0.39 is 61.1 Å². The van der Waals surface area contributed by atoms with Crippen molar-refractivity contribution in [3.8, 4) is 0 Å². The van der Waals surface area contributed by atoms with E-state index in [-0.39, 0.29) is 6.42 Å². The minimum Gasteiger partial charge on any atom is -0.480 e. The van der Waals surface area contributed by atoms with Crippen LogP contribution in [0.2, 0.25) is 0 Å². The maximum atomic E-state index is 12.6. The van der Waals surface area contributed by atoms with E-state index in [0.717, 1.165) is 0 Å². The molecule has 4 atom stereocenters. The molecule has 0 spiro atoms. The number of hydrogen-bond acceptors (Lipinski definition) is 7. The van der Waals surface area contributed by atoms with E-state index in [2.05, 4.69) is 16.0 Å². The quantitative estimate of drug-likeness (QED) is 0.202. The van der Waals surface area contributed by atoms with Crippen LogP contribution in [0.15, 0.2) is 30.3 Å². The molecular weight excluding hydrogens is 384 g/mol. The van der Waals surface area contributed by atoms with Gasteiger partial charge >= 0.3 is 5.97 Å². The number of carbonyl (C=O) groups excluding carboxylic acids is 3. The lowest BCUT2D eigenvalue weighted by atomic mass is 10.0. The monoisotopic (exact) mass is 410 g/mol. The van der Waals surface area contributed by atoms with Gasteiger partial charge in [0.15, 0.2) is 0 Å². The number of amides is 3. The first-order valence-corrected chi connectivity index (χ1v) is 8.85. The third-order valence-electron chi connectivity index (χ3n) is 3.98. The first kappa shape index (κ1) is 24.0. The first-order chi connectivity index (χ1) is 13.7. The Balaban J connectivity index is 3.02. The minimum atomic E-state index is -1.55. The number of carbonyl (C=O) groups is 4. The summed E-state index contributed by atoms with van der Waals surface area (Å²) >= 11 is 0. The molecule has 1 rings (SSSR count). The van der Waals surface area contributed by atoms with Gasteiger partial charge in [0.05, 0.1) is 19.3 Å². The molecule has 0 fully saturated rings. The van der Waals surface area contributed by atoms with Gasteiger partial charge in [-0.15, -0.1) is 0 Å². The van der Waals surface area contributed by atoms with Crippen molar-refractivity contribution in [2.75, 3.05) is 13.2 Å². The van der Waals surface area contributed by atoms with Gasteiger partial charge in [-0.3, -0.25) is 14.4 Å². The highest BCUT2D eigenvalue weighted by molar-refractivity contribution is 5.94. The number of hydrogen-bond donors (Lipinski definition) is 7. The zero-order chi connectivity index (χ0) is 22.0. The Bertz CT molecular complexity index is 711. The Morgan fingerprint density at radius 3 is 2.07 bits per heavy atom. The summed E-state index contributed by atoms with van der Waals surface area (Å²) in [5.41, 5.74) is 5.87. The average Bonchev–Trinajstić information content (AvgIpc) is 2.69. The smallest absolute Gasteiger partial charge is 0.328 e. The molecule has 0 aliphatic carbocycles. The lowest BCUT2D eigenvalue weighted by Gasteiger charge is -2.25. The number of aliphatic hydroxyl groups is 2. The standard InChI is InChI=1S/C18H26N4O7/c1-10(24)15(22-14(25)8-19)17(27)20-12(7-11-5-3-2-4-6-11)16(26)21-13(9-23)18(28)29/h2-6,10,12-13,15,23-24H,7-9,19H2,1H3,(H,20,27)(H,21,26)(H,22,25)(H,28,29). The van der Waals surface area contributed by atoms with E-state index in [1.807, 2.05) is 0 Å². The van der Waals surface area contributed by atoms with Crippen LogP contribution in [0, 0.1) is 0 Å². The third-order valence-corrected chi connectivity index (χ3v) is 3.98. The van der Waals surface area contributed by atoms with Crippen molar-refractivity contribution in [3.63, 3.8) is 0 Å². The van der Waals surface area contributed by atoms with Crippen molar-refractivity contribution in [2.45, 2.75) is 37.6 Å². The second-order valence-electron chi connectivity index (χ2n) is 6.32. The highest BCUT2D eigenvalue weighted by Gasteiger charge is 2.31.